The Bertz CT molecular complexity index is 600. The Kier molecular flexibility index (Phi) is 6.90. The molecule has 0 aliphatic carbocycles. The summed E-state index contributed by atoms with van der Waals surface area (Å²) in [6, 6.07) is 6.12. The van der Waals surface area contributed by atoms with Crippen molar-refractivity contribution in [3.05, 3.63) is 30.1 Å². The predicted molar refractivity (Wildman–Crippen MR) is 94.1 cm³/mol. The smallest absolute Gasteiger partial charge is 0.279 e. The second-order valence-corrected chi connectivity index (χ2v) is 7.01. The van der Waals surface area contributed by atoms with Gasteiger partial charge >= 0.3 is 0 Å². The number of likely N-dealkylation sites (N-methyl/N-ethyl adjacent to an activating group) is 1. The van der Waals surface area contributed by atoms with Crippen LogP contribution < -0.4 is 15.1 Å². The second-order valence-electron chi connectivity index (χ2n) is 7.01. The van der Waals surface area contributed by atoms with Gasteiger partial charge in [0.2, 0.25) is 0 Å². The van der Waals surface area contributed by atoms with E-state index in [2.05, 4.69) is 5.32 Å². The van der Waals surface area contributed by atoms with Gasteiger partial charge in [-0.3, -0.25) is 9.59 Å². The third kappa shape index (κ3) is 6.10. The molecule has 0 spiro atoms. The van der Waals surface area contributed by atoms with E-state index >= 15 is 0 Å². The Morgan fingerprint density at radius 1 is 1.16 bits per heavy atom. The molecule has 0 radical (unpaired) electrons. The number of anilines is 1. The molecule has 0 atom stereocenters. The molecule has 3 N–H and O–H groups in total. The zero-order valence-electron chi connectivity index (χ0n) is 15.3. The summed E-state index contributed by atoms with van der Waals surface area (Å²) in [5.74, 6) is -0.310. The Labute approximate surface area is 148 Å². The summed E-state index contributed by atoms with van der Waals surface area (Å²) in [6.45, 7) is 8.34. The van der Waals surface area contributed by atoms with Gasteiger partial charge in [0, 0.05) is 18.8 Å². The molecule has 0 unspecified atom stereocenters. The lowest BCUT2D eigenvalue weighted by Crippen LogP contribution is -3.28. The van der Waals surface area contributed by atoms with E-state index < -0.39 is 0 Å². The quantitative estimate of drug-likeness (QED) is 0.579. The molecule has 1 aromatic carbocycles. The highest BCUT2D eigenvalue weighted by Crippen LogP contribution is 2.08. The van der Waals surface area contributed by atoms with Gasteiger partial charge in [0.1, 0.15) is 32.0 Å². The fraction of sp³-hybridized carbons (Fsp3) is 0.556. The summed E-state index contributed by atoms with van der Waals surface area (Å²) in [5, 5.41) is 2.73. The molecule has 0 saturated carbocycles. The van der Waals surface area contributed by atoms with Crippen molar-refractivity contribution in [2.45, 2.75) is 19.9 Å². The highest BCUT2D eigenvalue weighted by Gasteiger charge is 2.27. The molecule has 2 rings (SSSR count). The van der Waals surface area contributed by atoms with Crippen LogP contribution in [0.1, 0.15) is 13.8 Å². The van der Waals surface area contributed by atoms with Crippen LogP contribution in [0.5, 0.6) is 0 Å². The monoisotopic (exact) mass is 352 g/mol. The number of halogens is 1. The van der Waals surface area contributed by atoms with Crippen LogP contribution in [-0.2, 0) is 9.59 Å². The van der Waals surface area contributed by atoms with E-state index in [9.17, 15) is 14.0 Å². The number of carbonyl (C=O) groups is 2. The molecule has 1 saturated heterocycles. The summed E-state index contributed by atoms with van der Waals surface area (Å²) >= 11 is 0. The number of hydrogen-bond donors (Lipinski definition) is 3. The van der Waals surface area contributed by atoms with E-state index in [0.717, 1.165) is 26.2 Å². The summed E-state index contributed by atoms with van der Waals surface area (Å²) < 4.78 is 13.1. The molecule has 138 valence electrons. The molecule has 1 aliphatic rings. The Hall–Kier alpha value is -1.99. The fourth-order valence-corrected chi connectivity index (χ4v) is 2.94. The first kappa shape index (κ1) is 19.3. The van der Waals surface area contributed by atoms with Gasteiger partial charge in [-0.05, 0) is 32.0 Å². The maximum absolute atomic E-state index is 13.1. The average Bonchev–Trinajstić information content (AvgIpc) is 2.55. The predicted octanol–water partition coefficient (Wildman–Crippen LogP) is -1.59. The molecule has 7 heteroatoms. The molecule has 2 amide bonds. The van der Waals surface area contributed by atoms with E-state index in [1.807, 2.05) is 20.9 Å². The van der Waals surface area contributed by atoms with Crippen LogP contribution in [0.2, 0.25) is 0 Å². The molecule has 1 fully saturated rings. The van der Waals surface area contributed by atoms with Crippen LogP contribution in [-0.4, -0.2) is 69.1 Å². The minimum atomic E-state index is -0.363. The van der Waals surface area contributed by atoms with Gasteiger partial charge in [-0.15, -0.1) is 0 Å². The Balaban J connectivity index is 1.73. The lowest BCUT2D eigenvalue weighted by atomic mass is 10.2. The van der Waals surface area contributed by atoms with Crippen molar-refractivity contribution >= 4 is 17.5 Å². The van der Waals surface area contributed by atoms with Crippen LogP contribution in [0.15, 0.2) is 24.3 Å². The Morgan fingerprint density at radius 3 is 2.32 bits per heavy atom. The minimum absolute atomic E-state index is 0.111. The fourth-order valence-electron chi connectivity index (χ4n) is 2.94. The maximum atomic E-state index is 13.1. The number of amides is 2. The van der Waals surface area contributed by atoms with Crippen LogP contribution in [0.4, 0.5) is 10.1 Å². The van der Waals surface area contributed by atoms with E-state index in [1.54, 1.807) is 17.0 Å². The number of benzene rings is 1. The highest BCUT2D eigenvalue weighted by molar-refractivity contribution is 5.91. The van der Waals surface area contributed by atoms with Gasteiger partial charge in [0.15, 0.2) is 13.1 Å². The van der Waals surface area contributed by atoms with Gasteiger partial charge in [0.05, 0.1) is 0 Å². The summed E-state index contributed by atoms with van der Waals surface area (Å²) in [4.78, 5) is 28.5. The molecule has 0 aromatic heterocycles. The van der Waals surface area contributed by atoms with Crippen LogP contribution >= 0.6 is 0 Å². The van der Waals surface area contributed by atoms with Crippen molar-refractivity contribution in [3.63, 3.8) is 0 Å². The minimum Gasteiger partial charge on any atom is -0.338 e. The molecular weight excluding hydrogens is 323 g/mol. The van der Waals surface area contributed by atoms with Crippen molar-refractivity contribution in [1.29, 1.82) is 0 Å². The SMILES string of the molecule is CC(C)N(C)C(=O)C[NH+]1CC[NH+](CC(=O)Nc2cccc(F)c2)CC1. The number of nitrogens with zero attached hydrogens (tertiary/aromatic N) is 1. The standard InChI is InChI=1S/C18H27FN4O2/c1-14(2)21(3)18(25)13-23-9-7-22(8-10-23)12-17(24)20-16-6-4-5-15(19)11-16/h4-6,11,14H,7-10,12-13H2,1-3H3,(H,20,24)/p+2. The molecule has 1 aromatic rings. The number of quaternary nitrogens is 2. The first-order valence-corrected chi connectivity index (χ1v) is 8.83. The van der Waals surface area contributed by atoms with Crippen LogP contribution in [0.3, 0.4) is 0 Å². The number of rotatable bonds is 6. The zero-order chi connectivity index (χ0) is 18.4. The van der Waals surface area contributed by atoms with Crippen molar-refractivity contribution in [2.24, 2.45) is 0 Å². The summed E-state index contributed by atoms with van der Waals surface area (Å²) in [6.07, 6.45) is 0. The summed E-state index contributed by atoms with van der Waals surface area (Å²) in [5.41, 5.74) is 0.482. The third-order valence-corrected chi connectivity index (χ3v) is 4.75. The number of nitrogens with one attached hydrogen (secondary N) is 3. The average molecular weight is 352 g/mol. The highest BCUT2D eigenvalue weighted by atomic mass is 19.1. The third-order valence-electron chi connectivity index (χ3n) is 4.75. The first-order valence-electron chi connectivity index (χ1n) is 8.83. The normalized spacial score (nSPS) is 20.4. The van der Waals surface area contributed by atoms with E-state index in [-0.39, 0.29) is 23.7 Å². The first-order chi connectivity index (χ1) is 11.8. The van der Waals surface area contributed by atoms with Crippen LogP contribution in [0.25, 0.3) is 0 Å². The maximum Gasteiger partial charge on any atom is 0.279 e. The zero-order valence-corrected chi connectivity index (χ0v) is 15.3. The van der Waals surface area contributed by atoms with Crippen LogP contribution in [0, 0.1) is 5.82 Å². The lowest BCUT2D eigenvalue weighted by Gasteiger charge is -2.30. The van der Waals surface area contributed by atoms with E-state index in [4.69, 9.17) is 0 Å². The largest absolute Gasteiger partial charge is 0.338 e. The molecule has 1 heterocycles. The molecule has 6 nitrogen and oxygen atoms in total. The number of piperazine rings is 1. The van der Waals surface area contributed by atoms with Gasteiger partial charge in [-0.1, -0.05) is 6.07 Å². The van der Waals surface area contributed by atoms with Gasteiger partial charge < -0.3 is 20.0 Å². The van der Waals surface area contributed by atoms with E-state index in [1.165, 1.54) is 21.9 Å². The topological polar surface area (TPSA) is 58.3 Å². The number of carbonyl (C=O) groups excluding carboxylic acids is 2. The van der Waals surface area contributed by atoms with Crippen molar-refractivity contribution in [1.82, 2.24) is 4.90 Å². The molecule has 25 heavy (non-hydrogen) atoms. The van der Waals surface area contributed by atoms with Gasteiger partial charge in [-0.25, -0.2) is 4.39 Å². The van der Waals surface area contributed by atoms with Crippen molar-refractivity contribution < 1.29 is 23.8 Å². The van der Waals surface area contributed by atoms with Crippen molar-refractivity contribution in [3.8, 4) is 0 Å². The van der Waals surface area contributed by atoms with Crippen molar-refractivity contribution in [2.75, 3.05) is 51.6 Å². The van der Waals surface area contributed by atoms with Gasteiger partial charge in [0.25, 0.3) is 11.8 Å². The molecular formula is C18H29FN4O2+2. The Morgan fingerprint density at radius 2 is 1.76 bits per heavy atom. The molecule has 1 aliphatic heterocycles. The second kappa shape index (κ2) is 8.92. The van der Waals surface area contributed by atoms with E-state index in [0.29, 0.717) is 18.8 Å². The number of hydrogen-bond acceptors (Lipinski definition) is 2. The molecule has 0 bridgehead atoms. The lowest BCUT2D eigenvalue weighted by molar-refractivity contribution is -1.00. The summed E-state index contributed by atoms with van der Waals surface area (Å²) in [7, 11) is 1.84. The van der Waals surface area contributed by atoms with Gasteiger partial charge in [-0.2, -0.15) is 0 Å².